The van der Waals surface area contributed by atoms with Crippen molar-refractivity contribution in [3.05, 3.63) is 29.8 Å². The van der Waals surface area contributed by atoms with Gasteiger partial charge >= 0.3 is 5.51 Å². The van der Waals surface area contributed by atoms with Gasteiger partial charge in [0.1, 0.15) is 0 Å². The van der Waals surface area contributed by atoms with Crippen LogP contribution in [0.2, 0.25) is 0 Å². The van der Waals surface area contributed by atoms with Crippen molar-refractivity contribution in [1.82, 2.24) is 10.2 Å². The molecule has 1 aromatic rings. The summed E-state index contributed by atoms with van der Waals surface area (Å²) in [6, 6.07) is 7.04. The molecule has 1 heterocycles. The molecule has 22 heavy (non-hydrogen) atoms. The number of piperazine rings is 1. The van der Waals surface area contributed by atoms with Crippen LogP contribution in [0.25, 0.3) is 0 Å². The first-order valence-electron chi connectivity index (χ1n) is 7.47. The van der Waals surface area contributed by atoms with Gasteiger partial charge in [0, 0.05) is 37.1 Å². The van der Waals surface area contributed by atoms with Gasteiger partial charge < -0.3 is 5.32 Å². The maximum Gasteiger partial charge on any atom is 0.446 e. The Morgan fingerprint density at radius 2 is 1.59 bits per heavy atom. The van der Waals surface area contributed by atoms with Gasteiger partial charge in [-0.25, -0.2) is 0 Å². The highest BCUT2D eigenvalue weighted by molar-refractivity contribution is 8.00. The lowest BCUT2D eigenvalue weighted by Gasteiger charge is -2.42. The smallest absolute Gasteiger partial charge is 0.314 e. The number of nitrogens with one attached hydrogen (secondary N) is 1. The summed E-state index contributed by atoms with van der Waals surface area (Å²) in [4.78, 5) is 2.66. The van der Waals surface area contributed by atoms with Crippen molar-refractivity contribution in [3.8, 4) is 0 Å². The van der Waals surface area contributed by atoms with E-state index in [1.54, 1.807) is 12.1 Å². The molecular weight excluding hydrogens is 309 g/mol. The predicted octanol–water partition coefficient (Wildman–Crippen LogP) is 4.29. The molecule has 0 aliphatic carbocycles. The van der Waals surface area contributed by atoms with Gasteiger partial charge in [-0.15, -0.1) is 0 Å². The van der Waals surface area contributed by atoms with Gasteiger partial charge in [-0.1, -0.05) is 32.9 Å². The van der Waals surface area contributed by atoms with E-state index in [4.69, 9.17) is 0 Å². The summed E-state index contributed by atoms with van der Waals surface area (Å²) in [6.45, 7) is 10.4. The van der Waals surface area contributed by atoms with Crippen molar-refractivity contribution in [2.45, 2.75) is 37.2 Å². The van der Waals surface area contributed by atoms with Crippen LogP contribution in [0.15, 0.2) is 29.2 Å². The Morgan fingerprint density at radius 1 is 1.05 bits per heavy atom. The van der Waals surface area contributed by atoms with E-state index in [-0.39, 0.29) is 28.1 Å². The number of halogens is 3. The van der Waals surface area contributed by atoms with Crippen molar-refractivity contribution in [2.24, 2.45) is 5.41 Å². The van der Waals surface area contributed by atoms with E-state index in [0.717, 1.165) is 31.7 Å². The number of alkyl halides is 3. The Morgan fingerprint density at radius 3 is 2.05 bits per heavy atom. The van der Waals surface area contributed by atoms with Crippen LogP contribution >= 0.6 is 11.8 Å². The lowest BCUT2D eigenvalue weighted by atomic mass is 9.81. The standard InChI is InChI=1S/C16H23F3N2S/c1-15(2,3)14(21-10-8-20-9-11-21)12-4-6-13(7-5-12)22-16(17,18)19/h4-7,14,20H,8-11H2,1-3H3/t14-/m0/s1. The second-order valence-electron chi connectivity index (χ2n) is 6.67. The molecule has 1 aromatic carbocycles. The summed E-state index contributed by atoms with van der Waals surface area (Å²) in [7, 11) is 0. The second kappa shape index (κ2) is 6.81. The Balaban J connectivity index is 2.20. The van der Waals surface area contributed by atoms with Crippen molar-refractivity contribution in [2.75, 3.05) is 26.2 Å². The zero-order valence-electron chi connectivity index (χ0n) is 13.2. The molecule has 1 aliphatic heterocycles. The molecule has 6 heteroatoms. The zero-order chi connectivity index (χ0) is 16.4. The van der Waals surface area contributed by atoms with E-state index in [2.05, 4.69) is 31.0 Å². The lowest BCUT2D eigenvalue weighted by molar-refractivity contribution is -0.0328. The highest BCUT2D eigenvalue weighted by Gasteiger charge is 2.33. The van der Waals surface area contributed by atoms with Gasteiger partial charge in [0.05, 0.1) is 0 Å². The summed E-state index contributed by atoms with van der Waals surface area (Å²) < 4.78 is 37.3. The van der Waals surface area contributed by atoms with Gasteiger partial charge in [-0.3, -0.25) is 4.90 Å². The number of rotatable bonds is 3. The van der Waals surface area contributed by atoms with Crippen LogP contribution in [-0.2, 0) is 0 Å². The molecule has 1 N–H and O–H groups in total. The SMILES string of the molecule is CC(C)(C)[C@H](c1ccc(SC(F)(F)F)cc1)N1CCNCC1. The molecule has 1 saturated heterocycles. The molecule has 2 nitrogen and oxygen atoms in total. The van der Waals surface area contributed by atoms with Crippen molar-refractivity contribution >= 4 is 11.8 Å². The summed E-state index contributed by atoms with van der Waals surface area (Å²) in [5.74, 6) is 0. The lowest BCUT2D eigenvalue weighted by Crippen LogP contribution is -2.48. The van der Waals surface area contributed by atoms with E-state index in [1.165, 1.54) is 0 Å². The van der Waals surface area contributed by atoms with Crippen molar-refractivity contribution < 1.29 is 13.2 Å². The first-order chi connectivity index (χ1) is 10.2. The number of hydrogen-bond acceptors (Lipinski definition) is 3. The Bertz CT molecular complexity index is 474. The zero-order valence-corrected chi connectivity index (χ0v) is 14.0. The van der Waals surface area contributed by atoms with Crippen LogP contribution in [-0.4, -0.2) is 36.6 Å². The van der Waals surface area contributed by atoms with Crippen molar-refractivity contribution in [1.29, 1.82) is 0 Å². The number of thioether (sulfide) groups is 1. The van der Waals surface area contributed by atoms with E-state index in [1.807, 2.05) is 12.1 Å². The van der Waals surface area contributed by atoms with Gasteiger partial charge in [-0.2, -0.15) is 13.2 Å². The normalized spacial score (nSPS) is 19.2. The van der Waals surface area contributed by atoms with E-state index >= 15 is 0 Å². The van der Waals surface area contributed by atoms with Crippen molar-refractivity contribution in [3.63, 3.8) is 0 Å². The summed E-state index contributed by atoms with van der Waals surface area (Å²) in [5, 5.41) is 3.34. The Kier molecular flexibility index (Phi) is 5.45. The molecule has 0 unspecified atom stereocenters. The monoisotopic (exact) mass is 332 g/mol. The molecule has 0 bridgehead atoms. The van der Waals surface area contributed by atoms with Gasteiger partial charge in [0.25, 0.3) is 0 Å². The van der Waals surface area contributed by atoms with Gasteiger partial charge in [-0.05, 0) is 34.9 Å². The van der Waals surface area contributed by atoms with Crippen LogP contribution in [0.1, 0.15) is 32.4 Å². The third-order valence-corrected chi connectivity index (χ3v) is 4.51. The molecule has 1 atom stereocenters. The average molecular weight is 332 g/mol. The maximum absolute atomic E-state index is 12.4. The third-order valence-electron chi connectivity index (χ3n) is 3.77. The minimum atomic E-state index is -4.23. The van der Waals surface area contributed by atoms with Crippen LogP contribution in [0.3, 0.4) is 0 Å². The fourth-order valence-electron chi connectivity index (χ4n) is 3.05. The quantitative estimate of drug-likeness (QED) is 0.831. The summed E-state index contributed by atoms with van der Waals surface area (Å²) in [6.07, 6.45) is 0. The van der Waals surface area contributed by atoms with E-state index in [9.17, 15) is 13.2 Å². The molecule has 0 amide bonds. The van der Waals surface area contributed by atoms with Crippen LogP contribution < -0.4 is 5.32 Å². The molecule has 2 rings (SSSR count). The number of nitrogens with zero attached hydrogens (tertiary/aromatic N) is 1. The molecule has 0 saturated carbocycles. The number of hydrogen-bond donors (Lipinski definition) is 1. The molecular formula is C16H23F3N2S. The van der Waals surface area contributed by atoms with Crippen LogP contribution in [0.5, 0.6) is 0 Å². The minimum absolute atomic E-state index is 0.0238. The van der Waals surface area contributed by atoms with Crippen LogP contribution in [0.4, 0.5) is 13.2 Å². The molecule has 1 aliphatic rings. The number of benzene rings is 1. The summed E-state index contributed by atoms with van der Waals surface area (Å²) >= 11 is -0.0594. The largest absolute Gasteiger partial charge is 0.446 e. The predicted molar refractivity (Wildman–Crippen MR) is 85.0 cm³/mol. The van der Waals surface area contributed by atoms with E-state index in [0.29, 0.717) is 0 Å². The Hall–Kier alpha value is -0.720. The Labute approximate surface area is 134 Å². The first-order valence-corrected chi connectivity index (χ1v) is 8.29. The molecule has 0 radical (unpaired) electrons. The fraction of sp³-hybridized carbons (Fsp3) is 0.625. The minimum Gasteiger partial charge on any atom is -0.314 e. The fourth-order valence-corrected chi connectivity index (χ4v) is 3.59. The third kappa shape index (κ3) is 4.89. The molecule has 0 spiro atoms. The highest BCUT2D eigenvalue weighted by Crippen LogP contribution is 2.40. The first kappa shape index (κ1) is 17.6. The highest BCUT2D eigenvalue weighted by atomic mass is 32.2. The van der Waals surface area contributed by atoms with Gasteiger partial charge in [0.15, 0.2) is 0 Å². The second-order valence-corrected chi connectivity index (χ2v) is 7.81. The summed E-state index contributed by atoms with van der Waals surface area (Å²) in [5.41, 5.74) is -3.12. The molecule has 1 fully saturated rings. The molecule has 124 valence electrons. The average Bonchev–Trinajstić information content (AvgIpc) is 2.39. The van der Waals surface area contributed by atoms with Gasteiger partial charge in [0.2, 0.25) is 0 Å². The maximum atomic E-state index is 12.4. The van der Waals surface area contributed by atoms with E-state index < -0.39 is 5.51 Å². The molecule has 0 aromatic heterocycles. The van der Waals surface area contributed by atoms with Crippen LogP contribution in [0, 0.1) is 5.41 Å². The topological polar surface area (TPSA) is 15.3 Å².